The van der Waals surface area contributed by atoms with Gasteiger partial charge in [-0.15, -0.1) is 25.0 Å². The van der Waals surface area contributed by atoms with E-state index in [1.165, 1.54) is 0 Å². The maximum absolute atomic E-state index is 5.24. The second-order valence-corrected chi connectivity index (χ2v) is 9.84. The van der Waals surface area contributed by atoms with Crippen LogP contribution in [0, 0.1) is 0 Å². The van der Waals surface area contributed by atoms with Gasteiger partial charge in [0.15, 0.2) is 0 Å². The number of hydrogen-bond donors (Lipinski definition) is 0. The van der Waals surface area contributed by atoms with E-state index in [9.17, 15) is 0 Å². The second-order valence-electron chi connectivity index (χ2n) is 4.51. The Morgan fingerprint density at radius 1 is 0.667 bits per heavy atom. The second kappa shape index (κ2) is 16.0. The molecule has 0 spiro atoms. The molecule has 0 aliphatic carbocycles. The molecule has 0 aromatic heterocycles. The molecule has 0 atom stereocenters. The van der Waals surface area contributed by atoms with Gasteiger partial charge in [0.1, 0.15) is 0 Å². The number of nitrogens with zero attached hydrogens (tertiary/aromatic N) is 2. The van der Waals surface area contributed by atoms with Crippen molar-refractivity contribution in [1.29, 1.82) is 0 Å². The molecule has 0 N–H and O–H groups in total. The summed E-state index contributed by atoms with van der Waals surface area (Å²) < 4.78 is 2.23. The van der Waals surface area contributed by atoms with Crippen LogP contribution in [0.2, 0.25) is 0 Å². The molecule has 0 heterocycles. The van der Waals surface area contributed by atoms with Crippen LogP contribution >= 0.6 is 24.4 Å². The first-order valence-electron chi connectivity index (χ1n) is 6.99. The van der Waals surface area contributed by atoms with E-state index in [1.807, 2.05) is 0 Å². The van der Waals surface area contributed by atoms with Crippen molar-refractivity contribution >= 4 is 54.9 Å². The normalized spacial score (nSPS) is 10.5. The third-order valence-corrected chi connectivity index (χ3v) is 7.17. The Kier molecular flexibility index (Phi) is 20.5. The predicted molar refractivity (Wildman–Crippen MR) is 109 cm³/mol. The standard InChI is InChI=1S/2C7H16NS2.Zn/c2*1-5-8(6-2)7(9)10(3)4;/h2*5-6H2,1-4H3;/q2*-1;+2. The molecule has 0 fully saturated rings. The molecule has 124 valence electrons. The minimum Gasteiger partial charge on any atom is -0.464 e. The predicted octanol–water partition coefficient (Wildman–Crippen LogP) is 2.98. The first-order chi connectivity index (χ1) is 9.26. The van der Waals surface area contributed by atoms with Crippen LogP contribution in [0.3, 0.4) is 0 Å². The molecule has 7 heteroatoms. The number of thiocarbonyl (C=S) groups is 2. The summed E-state index contributed by atoms with van der Waals surface area (Å²) in [5.41, 5.74) is 0. The van der Waals surface area contributed by atoms with E-state index in [0.717, 1.165) is 34.8 Å². The fourth-order valence-corrected chi connectivity index (χ4v) is 3.55. The molecule has 21 heavy (non-hydrogen) atoms. The summed E-state index contributed by atoms with van der Waals surface area (Å²) >= 11 is 10.5. The summed E-state index contributed by atoms with van der Waals surface area (Å²) in [6.07, 6.45) is 8.67. The minimum atomic E-state index is 0. The van der Waals surface area contributed by atoms with Gasteiger partial charge in [-0.3, -0.25) is 0 Å². The Balaban J connectivity index is -0.000000295. The Morgan fingerprint density at radius 2 is 0.857 bits per heavy atom. The summed E-state index contributed by atoms with van der Waals surface area (Å²) in [5.74, 6) is 0. The molecule has 0 aliphatic rings. The van der Waals surface area contributed by atoms with E-state index in [-0.39, 0.29) is 41.3 Å². The molecule has 0 aromatic carbocycles. The van der Waals surface area contributed by atoms with Crippen molar-refractivity contribution in [3.05, 3.63) is 0 Å². The van der Waals surface area contributed by atoms with E-state index in [0.29, 0.717) is 0 Å². The van der Waals surface area contributed by atoms with Crippen LogP contribution in [0.25, 0.3) is 0 Å². The number of rotatable bonds is 4. The Morgan fingerprint density at radius 3 is 0.905 bits per heavy atom. The molecule has 0 aromatic rings. The zero-order valence-electron chi connectivity index (χ0n) is 15.1. The zero-order valence-corrected chi connectivity index (χ0v) is 21.3. The van der Waals surface area contributed by atoms with Crippen molar-refractivity contribution in [1.82, 2.24) is 9.80 Å². The van der Waals surface area contributed by atoms with Gasteiger partial charge in [0.05, 0.1) is 0 Å². The van der Waals surface area contributed by atoms with E-state index < -0.39 is 0 Å². The third kappa shape index (κ3) is 12.2. The Bertz CT molecular complexity index is 250. The van der Waals surface area contributed by atoms with Gasteiger partial charge in [0.25, 0.3) is 0 Å². The SMILES string of the molecule is CCN(CC)C(=S)[S-](C)C.CCN(CC)C(=S)[S-](C)C.[Zn+2]. The van der Waals surface area contributed by atoms with Crippen molar-refractivity contribution in [2.45, 2.75) is 27.7 Å². The molecule has 0 amide bonds. The van der Waals surface area contributed by atoms with Crippen LogP contribution in [0.15, 0.2) is 0 Å². The van der Waals surface area contributed by atoms with Gasteiger partial charge in [-0.2, -0.15) is 0 Å². The van der Waals surface area contributed by atoms with Gasteiger partial charge in [0.2, 0.25) is 0 Å². The van der Waals surface area contributed by atoms with Crippen molar-refractivity contribution < 1.29 is 19.5 Å². The molecular weight excluding hydrogens is 390 g/mol. The van der Waals surface area contributed by atoms with E-state index in [2.05, 4.69) is 62.5 Å². The molecule has 0 aliphatic heterocycles. The van der Waals surface area contributed by atoms with Crippen molar-refractivity contribution in [3.8, 4) is 0 Å². The maximum Gasteiger partial charge on any atom is 2.00 e. The molecule has 0 saturated carbocycles. The topological polar surface area (TPSA) is 6.48 Å². The average molecular weight is 422 g/mol. The smallest absolute Gasteiger partial charge is 0.464 e. The third-order valence-electron chi connectivity index (χ3n) is 2.74. The Labute approximate surface area is 162 Å². The molecule has 2 nitrogen and oxygen atoms in total. The molecule has 0 unspecified atom stereocenters. The van der Waals surface area contributed by atoms with Crippen LogP contribution in [0.5, 0.6) is 0 Å². The van der Waals surface area contributed by atoms with Crippen molar-refractivity contribution in [2.24, 2.45) is 0 Å². The van der Waals surface area contributed by atoms with Gasteiger partial charge in [-0.05, 0) is 36.3 Å². The summed E-state index contributed by atoms with van der Waals surface area (Å²) in [6, 6.07) is 0. The quantitative estimate of drug-likeness (QED) is 0.391. The monoisotopic (exact) mass is 420 g/mol. The van der Waals surface area contributed by atoms with Gasteiger partial charge in [0, 0.05) is 26.2 Å². The minimum absolute atomic E-state index is 0. The van der Waals surface area contributed by atoms with E-state index >= 15 is 0 Å². The molecule has 0 radical (unpaired) electrons. The van der Waals surface area contributed by atoms with Crippen LogP contribution in [-0.4, -0.2) is 69.6 Å². The van der Waals surface area contributed by atoms with E-state index in [1.54, 1.807) is 0 Å². The van der Waals surface area contributed by atoms with Crippen molar-refractivity contribution in [2.75, 3.05) is 51.2 Å². The molecular formula is C14H32N2S4Zn. The summed E-state index contributed by atoms with van der Waals surface area (Å²) in [7, 11) is 0.535. The summed E-state index contributed by atoms with van der Waals surface area (Å²) in [5, 5.41) is 0. The molecule has 0 bridgehead atoms. The van der Waals surface area contributed by atoms with Gasteiger partial charge < -0.3 is 31.6 Å². The largest absolute Gasteiger partial charge is 2.00 e. The maximum atomic E-state index is 5.24. The van der Waals surface area contributed by atoms with Crippen LogP contribution in [-0.2, 0) is 41.3 Å². The fourth-order valence-electron chi connectivity index (χ4n) is 1.48. The number of hydrogen-bond acceptors (Lipinski definition) is 4. The van der Waals surface area contributed by atoms with Crippen LogP contribution in [0.1, 0.15) is 27.7 Å². The van der Waals surface area contributed by atoms with Gasteiger partial charge >= 0.3 is 19.5 Å². The van der Waals surface area contributed by atoms with Gasteiger partial charge in [-0.1, -0.05) is 24.4 Å². The first-order valence-corrected chi connectivity index (χ1v) is 11.9. The van der Waals surface area contributed by atoms with E-state index in [4.69, 9.17) is 24.4 Å². The van der Waals surface area contributed by atoms with Crippen LogP contribution in [0.4, 0.5) is 0 Å². The molecule has 0 rings (SSSR count). The first kappa shape index (κ1) is 27.0. The van der Waals surface area contributed by atoms with Crippen molar-refractivity contribution in [3.63, 3.8) is 0 Å². The van der Waals surface area contributed by atoms with Gasteiger partial charge in [-0.25, -0.2) is 0 Å². The Hall–Kier alpha value is 1.10. The zero-order chi connectivity index (χ0) is 16.3. The molecule has 0 saturated heterocycles. The summed E-state index contributed by atoms with van der Waals surface area (Å²) in [4.78, 5) is 4.47. The average Bonchev–Trinajstić information content (AvgIpc) is 2.41. The van der Waals surface area contributed by atoms with Crippen LogP contribution < -0.4 is 0 Å². The fraction of sp³-hybridized carbons (Fsp3) is 0.857. The summed E-state index contributed by atoms with van der Waals surface area (Å²) in [6.45, 7) is 12.7.